The van der Waals surface area contributed by atoms with Crippen LogP contribution in [0.15, 0.2) is 6.33 Å². The average Bonchev–Trinajstić information content (AvgIpc) is 2.95. The van der Waals surface area contributed by atoms with Crippen molar-refractivity contribution in [1.82, 2.24) is 20.1 Å². The Kier molecular flexibility index (Phi) is 4.86. The van der Waals surface area contributed by atoms with E-state index in [9.17, 15) is 0 Å². The van der Waals surface area contributed by atoms with E-state index in [1.165, 1.54) is 24.3 Å². The van der Waals surface area contributed by atoms with E-state index in [0.29, 0.717) is 12.1 Å². The number of aromatic nitrogens is 3. The summed E-state index contributed by atoms with van der Waals surface area (Å²) < 4.78 is 8.23. The summed E-state index contributed by atoms with van der Waals surface area (Å²) in [5, 5.41) is 8.04. The minimum absolute atomic E-state index is 0.108. The van der Waals surface area contributed by atoms with Crippen molar-refractivity contribution in [2.45, 2.75) is 63.8 Å². The molecule has 2 fully saturated rings. The summed E-state index contributed by atoms with van der Waals surface area (Å²) in [6.07, 6.45) is 6.41. The van der Waals surface area contributed by atoms with Gasteiger partial charge in [-0.2, -0.15) is 16.9 Å². The number of thioether (sulfide) groups is 1. The summed E-state index contributed by atoms with van der Waals surface area (Å²) in [5.41, 5.74) is 0.108. The van der Waals surface area contributed by atoms with Crippen LogP contribution in [0.4, 0.5) is 0 Å². The molecule has 3 rings (SSSR count). The standard InChI is InChI=1S/C15H26N4OS/c1-12(2)16-10-14-17-11-19(18-14)13-3-6-20-15(9-13)4-7-21-8-5-15/h11-13,16H,3-10H2,1-2H3. The van der Waals surface area contributed by atoms with Crippen molar-refractivity contribution >= 4 is 11.8 Å². The van der Waals surface area contributed by atoms with E-state index in [4.69, 9.17) is 4.74 Å². The van der Waals surface area contributed by atoms with Gasteiger partial charge in [0.2, 0.25) is 0 Å². The quantitative estimate of drug-likeness (QED) is 0.925. The number of hydrogen-bond donors (Lipinski definition) is 1. The molecule has 0 radical (unpaired) electrons. The molecule has 1 unspecified atom stereocenters. The normalized spacial score (nSPS) is 25.6. The molecule has 0 aromatic carbocycles. The molecule has 1 aromatic heterocycles. The van der Waals surface area contributed by atoms with Crippen LogP contribution in [0.2, 0.25) is 0 Å². The van der Waals surface area contributed by atoms with Gasteiger partial charge in [-0.15, -0.1) is 0 Å². The zero-order chi connectivity index (χ0) is 14.7. The third-order valence-corrected chi connectivity index (χ3v) is 5.46. The van der Waals surface area contributed by atoms with Crippen molar-refractivity contribution in [3.05, 3.63) is 12.2 Å². The van der Waals surface area contributed by atoms with Gasteiger partial charge < -0.3 is 10.1 Å². The molecule has 2 saturated heterocycles. The summed E-state index contributed by atoms with van der Waals surface area (Å²) in [6, 6.07) is 0.908. The van der Waals surface area contributed by atoms with Gasteiger partial charge in [0.15, 0.2) is 5.82 Å². The maximum absolute atomic E-state index is 6.16. The maximum atomic E-state index is 6.16. The smallest absolute Gasteiger partial charge is 0.164 e. The van der Waals surface area contributed by atoms with Crippen molar-refractivity contribution in [3.63, 3.8) is 0 Å². The molecule has 1 spiro atoms. The number of nitrogens with zero attached hydrogens (tertiary/aromatic N) is 3. The molecule has 1 N–H and O–H groups in total. The van der Waals surface area contributed by atoms with E-state index >= 15 is 0 Å². The van der Waals surface area contributed by atoms with E-state index in [2.05, 4.69) is 33.9 Å². The number of rotatable bonds is 4. The molecule has 3 heterocycles. The van der Waals surface area contributed by atoms with Gasteiger partial charge in [0, 0.05) is 12.6 Å². The summed E-state index contributed by atoms with van der Waals surface area (Å²) >= 11 is 2.05. The largest absolute Gasteiger partial charge is 0.375 e. The van der Waals surface area contributed by atoms with Gasteiger partial charge in [-0.1, -0.05) is 13.8 Å². The lowest BCUT2D eigenvalue weighted by Crippen LogP contribution is -2.43. The van der Waals surface area contributed by atoms with Crippen LogP contribution < -0.4 is 5.32 Å². The molecule has 21 heavy (non-hydrogen) atoms. The molecular formula is C15H26N4OS. The van der Waals surface area contributed by atoms with Gasteiger partial charge in [0.1, 0.15) is 6.33 Å². The van der Waals surface area contributed by atoms with Crippen LogP contribution in [0.5, 0.6) is 0 Å². The summed E-state index contributed by atoms with van der Waals surface area (Å²) in [6.45, 7) is 5.88. The van der Waals surface area contributed by atoms with E-state index in [0.717, 1.165) is 31.8 Å². The highest BCUT2D eigenvalue weighted by atomic mass is 32.2. The molecule has 1 aromatic rings. The first-order valence-electron chi connectivity index (χ1n) is 8.02. The van der Waals surface area contributed by atoms with Crippen LogP contribution in [0.3, 0.4) is 0 Å². The fraction of sp³-hybridized carbons (Fsp3) is 0.867. The molecule has 0 aliphatic carbocycles. The van der Waals surface area contributed by atoms with Crippen LogP contribution in [0, 0.1) is 0 Å². The van der Waals surface area contributed by atoms with Gasteiger partial charge in [-0.05, 0) is 37.2 Å². The van der Waals surface area contributed by atoms with E-state index in [1.54, 1.807) is 0 Å². The van der Waals surface area contributed by atoms with Gasteiger partial charge in [-0.25, -0.2) is 9.67 Å². The molecule has 0 saturated carbocycles. The molecule has 6 heteroatoms. The predicted octanol–water partition coefficient (Wildman–Crippen LogP) is 2.39. The van der Waals surface area contributed by atoms with Crippen LogP contribution >= 0.6 is 11.8 Å². The minimum atomic E-state index is 0.108. The molecular weight excluding hydrogens is 284 g/mol. The van der Waals surface area contributed by atoms with Crippen molar-refractivity contribution in [2.75, 3.05) is 18.1 Å². The van der Waals surface area contributed by atoms with Crippen molar-refractivity contribution in [2.24, 2.45) is 0 Å². The van der Waals surface area contributed by atoms with Crippen LogP contribution in [-0.2, 0) is 11.3 Å². The third kappa shape index (κ3) is 3.79. The summed E-state index contributed by atoms with van der Waals surface area (Å²) in [4.78, 5) is 4.44. The molecule has 118 valence electrons. The topological polar surface area (TPSA) is 52.0 Å². The Labute approximate surface area is 131 Å². The van der Waals surface area contributed by atoms with Crippen LogP contribution in [-0.4, -0.2) is 44.5 Å². The third-order valence-electron chi connectivity index (χ3n) is 4.47. The lowest BCUT2D eigenvalue weighted by atomic mass is 9.85. The van der Waals surface area contributed by atoms with Crippen molar-refractivity contribution in [3.8, 4) is 0 Å². The summed E-state index contributed by atoms with van der Waals surface area (Å²) in [7, 11) is 0. The Morgan fingerprint density at radius 3 is 3.05 bits per heavy atom. The van der Waals surface area contributed by atoms with Crippen LogP contribution in [0.25, 0.3) is 0 Å². The molecule has 0 amide bonds. The van der Waals surface area contributed by atoms with Gasteiger partial charge in [-0.3, -0.25) is 0 Å². The molecule has 0 bridgehead atoms. The first-order valence-corrected chi connectivity index (χ1v) is 9.17. The minimum Gasteiger partial charge on any atom is -0.375 e. The maximum Gasteiger partial charge on any atom is 0.164 e. The highest BCUT2D eigenvalue weighted by Crippen LogP contribution is 2.41. The van der Waals surface area contributed by atoms with Crippen molar-refractivity contribution in [1.29, 1.82) is 0 Å². The lowest BCUT2D eigenvalue weighted by Gasteiger charge is -2.43. The first-order chi connectivity index (χ1) is 10.2. The summed E-state index contributed by atoms with van der Waals surface area (Å²) in [5.74, 6) is 3.35. The Hall–Kier alpha value is -0.590. The second kappa shape index (κ2) is 6.67. The Balaban J connectivity index is 1.63. The zero-order valence-corrected chi connectivity index (χ0v) is 13.9. The number of hydrogen-bond acceptors (Lipinski definition) is 5. The lowest BCUT2D eigenvalue weighted by molar-refractivity contribution is -0.100. The second-order valence-corrected chi connectivity index (χ2v) is 7.69. The average molecular weight is 310 g/mol. The van der Waals surface area contributed by atoms with E-state index in [-0.39, 0.29) is 5.60 Å². The van der Waals surface area contributed by atoms with E-state index < -0.39 is 0 Å². The Bertz CT molecular complexity index is 451. The molecule has 5 nitrogen and oxygen atoms in total. The SMILES string of the molecule is CC(C)NCc1ncn(C2CCOC3(CCSCC3)C2)n1. The molecule has 2 aliphatic rings. The number of nitrogens with one attached hydrogen (secondary N) is 1. The van der Waals surface area contributed by atoms with Gasteiger partial charge in [0.25, 0.3) is 0 Å². The predicted molar refractivity (Wildman–Crippen MR) is 85.5 cm³/mol. The number of ether oxygens (including phenoxy) is 1. The van der Waals surface area contributed by atoms with Gasteiger partial charge >= 0.3 is 0 Å². The first kappa shape index (κ1) is 15.3. The molecule has 2 aliphatic heterocycles. The van der Waals surface area contributed by atoms with Crippen LogP contribution in [0.1, 0.15) is 51.4 Å². The zero-order valence-electron chi connectivity index (χ0n) is 13.0. The second-order valence-electron chi connectivity index (χ2n) is 6.47. The monoisotopic (exact) mass is 310 g/mol. The molecule has 1 atom stereocenters. The highest BCUT2D eigenvalue weighted by molar-refractivity contribution is 7.99. The Morgan fingerprint density at radius 2 is 2.29 bits per heavy atom. The fourth-order valence-electron chi connectivity index (χ4n) is 3.18. The van der Waals surface area contributed by atoms with Crippen molar-refractivity contribution < 1.29 is 4.74 Å². The highest BCUT2D eigenvalue weighted by Gasteiger charge is 2.39. The van der Waals surface area contributed by atoms with E-state index in [1.807, 2.05) is 18.1 Å². The Morgan fingerprint density at radius 1 is 1.48 bits per heavy atom. The fourth-order valence-corrected chi connectivity index (χ4v) is 4.42. The van der Waals surface area contributed by atoms with Gasteiger partial charge in [0.05, 0.1) is 18.2 Å².